The first-order chi connectivity index (χ1) is 15.5. The fourth-order valence-electron chi connectivity index (χ4n) is 4.73. The highest BCUT2D eigenvalue weighted by Crippen LogP contribution is 2.50. The second-order valence-corrected chi connectivity index (χ2v) is 9.17. The third-order valence-electron chi connectivity index (χ3n) is 6.10. The van der Waals surface area contributed by atoms with Crippen LogP contribution in [0.2, 0.25) is 5.02 Å². The zero-order valence-corrected chi connectivity index (χ0v) is 19.0. The third-order valence-corrected chi connectivity index (χ3v) is 6.88. The van der Waals surface area contributed by atoms with E-state index < -0.39 is 17.0 Å². The Bertz CT molecular complexity index is 1190. The Labute approximate surface area is 197 Å². The lowest BCUT2D eigenvalue weighted by Crippen LogP contribution is -2.41. The summed E-state index contributed by atoms with van der Waals surface area (Å²) in [6.07, 6.45) is 0. The second-order valence-electron chi connectivity index (χ2n) is 7.82. The summed E-state index contributed by atoms with van der Waals surface area (Å²) < 4.78 is 0.948. The number of carbonyl (C=O) groups excluding carboxylic acids is 1. The van der Waals surface area contributed by atoms with Crippen LogP contribution in [-0.2, 0) is 4.79 Å². The minimum absolute atomic E-state index is 0.00799. The first kappa shape index (κ1) is 21.1. The fraction of sp³-hybridized carbons (Fsp3) is 0.174. The Morgan fingerprint density at radius 2 is 1.59 bits per heavy atom. The zero-order chi connectivity index (χ0) is 22.4. The topological polar surface area (TPSA) is 87.5 Å². The maximum absolute atomic E-state index is 13.6. The molecule has 2 heterocycles. The maximum Gasteiger partial charge on any atom is 0.274 e. The van der Waals surface area contributed by atoms with Crippen molar-refractivity contribution in [3.05, 3.63) is 104 Å². The number of rotatable bonds is 4. The van der Waals surface area contributed by atoms with Crippen LogP contribution in [0.1, 0.15) is 23.2 Å². The molecule has 2 aliphatic rings. The molecule has 2 fully saturated rings. The Morgan fingerprint density at radius 3 is 2.28 bits per heavy atom. The summed E-state index contributed by atoms with van der Waals surface area (Å²) in [4.78, 5) is 26.7. The Morgan fingerprint density at radius 1 is 0.938 bits per heavy atom. The van der Waals surface area contributed by atoms with Gasteiger partial charge >= 0.3 is 0 Å². The number of nitrogens with zero attached hydrogens (tertiary/aromatic N) is 2. The van der Waals surface area contributed by atoms with Gasteiger partial charge in [-0.15, -0.1) is 0 Å². The van der Waals surface area contributed by atoms with E-state index in [0.29, 0.717) is 16.3 Å². The Balaban J connectivity index is 1.67. The van der Waals surface area contributed by atoms with Crippen LogP contribution in [0, 0.1) is 16.0 Å². The van der Waals surface area contributed by atoms with Crippen LogP contribution in [0.3, 0.4) is 0 Å². The molecule has 1 amide bonds. The molecule has 2 saturated heterocycles. The van der Waals surface area contributed by atoms with Crippen molar-refractivity contribution in [2.75, 3.05) is 4.90 Å². The van der Waals surface area contributed by atoms with Crippen molar-refractivity contribution in [2.24, 2.45) is 5.92 Å². The lowest BCUT2D eigenvalue weighted by Gasteiger charge is -2.31. The number of benzene rings is 3. The molecule has 9 heteroatoms. The zero-order valence-electron chi connectivity index (χ0n) is 16.6. The van der Waals surface area contributed by atoms with Gasteiger partial charge in [0.2, 0.25) is 5.91 Å². The minimum Gasteiger partial charge on any atom is -0.303 e. The first-order valence-corrected chi connectivity index (χ1v) is 11.2. The molecule has 0 aromatic heterocycles. The predicted molar refractivity (Wildman–Crippen MR) is 125 cm³/mol. The molecule has 5 rings (SSSR count). The van der Waals surface area contributed by atoms with Gasteiger partial charge in [-0.2, -0.15) is 0 Å². The molecule has 3 aromatic rings. The molecule has 4 atom stereocenters. The van der Waals surface area contributed by atoms with Crippen LogP contribution in [0.15, 0.2) is 77.3 Å². The van der Waals surface area contributed by atoms with E-state index in [1.807, 2.05) is 24.3 Å². The number of carbonyl (C=O) groups is 1. The highest BCUT2D eigenvalue weighted by atomic mass is 79.9. The molecule has 2 N–H and O–H groups in total. The smallest absolute Gasteiger partial charge is 0.274 e. The van der Waals surface area contributed by atoms with E-state index in [-0.39, 0.29) is 23.6 Å². The van der Waals surface area contributed by atoms with Gasteiger partial charge in [0.05, 0.1) is 22.6 Å². The highest BCUT2D eigenvalue weighted by Gasteiger charge is 2.57. The molecule has 162 valence electrons. The normalized spacial score (nSPS) is 24.6. The first-order valence-electron chi connectivity index (χ1n) is 10.0. The van der Waals surface area contributed by atoms with Crippen molar-refractivity contribution < 1.29 is 9.72 Å². The third kappa shape index (κ3) is 3.49. The van der Waals surface area contributed by atoms with E-state index in [1.165, 1.54) is 6.07 Å². The maximum atomic E-state index is 13.6. The van der Waals surface area contributed by atoms with E-state index in [4.69, 9.17) is 11.6 Å². The molecular weight excluding hydrogens is 496 g/mol. The monoisotopic (exact) mass is 512 g/mol. The number of nitro groups is 1. The lowest BCUT2D eigenvalue weighted by molar-refractivity contribution is -0.385. The van der Waals surface area contributed by atoms with E-state index >= 15 is 0 Å². The summed E-state index contributed by atoms with van der Waals surface area (Å²) in [5.74, 6) is -0.423. The van der Waals surface area contributed by atoms with Gasteiger partial charge in [-0.05, 0) is 42.0 Å². The number of amides is 1. The molecule has 2 aliphatic heterocycles. The van der Waals surface area contributed by atoms with Crippen LogP contribution in [0.5, 0.6) is 0 Å². The summed E-state index contributed by atoms with van der Waals surface area (Å²) in [6.45, 7) is 0. The SMILES string of the molecule is O=C1C2NNC(c3ccc(Br)cc3)C2C(c2ccccc2[N+](=O)[O-])N1c1ccc(Cl)cc1. The number of hydrogen-bond donors (Lipinski definition) is 2. The molecule has 3 aromatic carbocycles. The number of para-hydroxylation sites is 1. The lowest BCUT2D eigenvalue weighted by atomic mass is 9.83. The predicted octanol–water partition coefficient (Wildman–Crippen LogP) is 4.93. The number of hydrogen-bond acceptors (Lipinski definition) is 5. The summed E-state index contributed by atoms with van der Waals surface area (Å²) in [5, 5.41) is 12.4. The molecule has 32 heavy (non-hydrogen) atoms. The van der Waals surface area contributed by atoms with Crippen LogP contribution in [0.25, 0.3) is 0 Å². The van der Waals surface area contributed by atoms with Gasteiger partial charge in [-0.25, -0.2) is 10.9 Å². The van der Waals surface area contributed by atoms with Crippen molar-refractivity contribution in [2.45, 2.75) is 18.1 Å². The number of nitrogens with one attached hydrogen (secondary N) is 2. The number of hydrazine groups is 1. The Hall–Kier alpha value is -2.78. The standard InChI is InChI=1S/C23H18BrClN4O3/c24-14-7-5-13(6-8-14)20-19-21(27-26-20)23(30)28(16-11-9-15(25)10-12-16)22(19)17-3-1-2-4-18(17)29(31)32/h1-12,19-22,26-27H. The van der Waals surface area contributed by atoms with Gasteiger partial charge in [0.1, 0.15) is 6.04 Å². The number of anilines is 1. The molecule has 0 radical (unpaired) electrons. The van der Waals surface area contributed by atoms with Crippen LogP contribution >= 0.6 is 27.5 Å². The summed E-state index contributed by atoms with van der Waals surface area (Å²) in [5.41, 5.74) is 8.52. The van der Waals surface area contributed by atoms with Crippen molar-refractivity contribution >= 4 is 44.8 Å². The molecule has 0 spiro atoms. The van der Waals surface area contributed by atoms with Gasteiger partial charge in [-0.3, -0.25) is 14.9 Å². The van der Waals surface area contributed by atoms with Gasteiger partial charge < -0.3 is 4.90 Å². The quantitative estimate of drug-likeness (QED) is 0.381. The van der Waals surface area contributed by atoms with Crippen LogP contribution in [0.4, 0.5) is 11.4 Å². The van der Waals surface area contributed by atoms with Crippen molar-refractivity contribution in [1.82, 2.24) is 10.9 Å². The average molecular weight is 514 g/mol. The van der Waals surface area contributed by atoms with Crippen molar-refractivity contribution in [3.63, 3.8) is 0 Å². The number of fused-ring (bicyclic) bond motifs is 1. The van der Waals surface area contributed by atoms with Crippen molar-refractivity contribution in [3.8, 4) is 0 Å². The van der Waals surface area contributed by atoms with E-state index in [2.05, 4.69) is 26.8 Å². The number of halogens is 2. The highest BCUT2D eigenvalue weighted by molar-refractivity contribution is 9.10. The summed E-state index contributed by atoms with van der Waals surface area (Å²) in [7, 11) is 0. The minimum atomic E-state index is -0.550. The molecule has 0 aliphatic carbocycles. The molecule has 0 saturated carbocycles. The second kappa shape index (κ2) is 8.29. The molecular formula is C23H18BrClN4O3. The molecule has 0 bridgehead atoms. The van der Waals surface area contributed by atoms with E-state index in [9.17, 15) is 14.9 Å². The van der Waals surface area contributed by atoms with E-state index in [1.54, 1.807) is 47.4 Å². The van der Waals surface area contributed by atoms with Gasteiger partial charge in [0.25, 0.3) is 5.69 Å². The van der Waals surface area contributed by atoms with Crippen LogP contribution in [-0.4, -0.2) is 16.9 Å². The van der Waals surface area contributed by atoms with Crippen molar-refractivity contribution in [1.29, 1.82) is 0 Å². The van der Waals surface area contributed by atoms with Gasteiger partial charge in [0.15, 0.2) is 0 Å². The summed E-state index contributed by atoms with van der Waals surface area (Å²) >= 11 is 9.52. The van der Waals surface area contributed by atoms with Crippen LogP contribution < -0.4 is 15.8 Å². The van der Waals surface area contributed by atoms with Gasteiger partial charge in [-0.1, -0.05) is 57.9 Å². The molecule has 4 unspecified atom stereocenters. The van der Waals surface area contributed by atoms with E-state index in [0.717, 1.165) is 10.0 Å². The number of nitro benzene ring substituents is 1. The largest absolute Gasteiger partial charge is 0.303 e. The summed E-state index contributed by atoms with van der Waals surface area (Å²) in [6, 6.07) is 20.1. The van der Waals surface area contributed by atoms with Gasteiger partial charge in [0, 0.05) is 27.2 Å². The fourth-order valence-corrected chi connectivity index (χ4v) is 5.12. The molecule has 7 nitrogen and oxygen atoms in total. The average Bonchev–Trinajstić information content (AvgIpc) is 3.34. The Kier molecular flexibility index (Phi) is 5.46.